The topological polar surface area (TPSA) is 46.5 Å². The number of carbonyl (C=O) groups is 1. The standard InChI is InChI=1S/C22H30O3S2/c1-6-22(7-2,17-9-10-18(23)15(4)11-17)20-12-16(5)19(27-20)13-26-14-21(24)25-8-3/h9-12,23H,6-8,13-14H2,1-5H3. The van der Waals surface area contributed by atoms with Crippen molar-refractivity contribution >= 4 is 29.1 Å². The molecule has 2 aromatic rings. The van der Waals surface area contributed by atoms with Gasteiger partial charge in [-0.05, 0) is 62.4 Å². The first-order valence-corrected chi connectivity index (χ1v) is 11.5. The van der Waals surface area contributed by atoms with Gasteiger partial charge in [-0.3, -0.25) is 4.79 Å². The molecule has 3 nitrogen and oxygen atoms in total. The second-order valence-corrected chi connectivity index (χ2v) is 8.93. The predicted molar refractivity (Wildman–Crippen MR) is 116 cm³/mol. The largest absolute Gasteiger partial charge is 0.508 e. The van der Waals surface area contributed by atoms with Crippen LogP contribution in [0, 0.1) is 13.8 Å². The molecule has 148 valence electrons. The Kier molecular flexibility index (Phi) is 7.80. The SMILES string of the molecule is CCOC(=O)CSCc1sc(C(CC)(CC)c2ccc(O)c(C)c2)cc1C. The number of thiophene rings is 1. The smallest absolute Gasteiger partial charge is 0.315 e. The number of phenolic OH excluding ortho intramolecular Hbond substituents is 1. The third kappa shape index (κ3) is 4.88. The van der Waals surface area contributed by atoms with Crippen molar-refractivity contribution in [3.05, 3.63) is 50.7 Å². The maximum atomic E-state index is 11.6. The van der Waals surface area contributed by atoms with Crippen molar-refractivity contribution in [2.24, 2.45) is 0 Å². The van der Waals surface area contributed by atoms with Gasteiger partial charge in [0.15, 0.2) is 0 Å². The molecule has 0 unspecified atom stereocenters. The number of aryl methyl sites for hydroxylation is 2. The van der Waals surface area contributed by atoms with Crippen LogP contribution in [0.15, 0.2) is 24.3 Å². The summed E-state index contributed by atoms with van der Waals surface area (Å²) in [6.45, 7) is 10.8. The molecule has 0 radical (unpaired) electrons. The maximum Gasteiger partial charge on any atom is 0.315 e. The van der Waals surface area contributed by atoms with Crippen molar-refractivity contribution in [3.63, 3.8) is 0 Å². The lowest BCUT2D eigenvalue weighted by Crippen LogP contribution is -2.24. The molecule has 27 heavy (non-hydrogen) atoms. The van der Waals surface area contributed by atoms with E-state index in [0.717, 1.165) is 24.2 Å². The van der Waals surface area contributed by atoms with Crippen molar-refractivity contribution in [3.8, 4) is 5.75 Å². The van der Waals surface area contributed by atoms with Crippen molar-refractivity contribution in [1.82, 2.24) is 0 Å². The van der Waals surface area contributed by atoms with Crippen LogP contribution in [0.5, 0.6) is 5.75 Å². The van der Waals surface area contributed by atoms with Gasteiger partial charge in [-0.15, -0.1) is 23.1 Å². The first kappa shape index (κ1) is 21.8. The van der Waals surface area contributed by atoms with Crippen molar-refractivity contribution in [2.45, 2.75) is 58.6 Å². The van der Waals surface area contributed by atoms with Gasteiger partial charge in [0, 0.05) is 20.9 Å². The predicted octanol–water partition coefficient (Wildman–Crippen LogP) is 5.97. The molecule has 0 atom stereocenters. The molecule has 0 aliphatic rings. The van der Waals surface area contributed by atoms with Gasteiger partial charge in [0.2, 0.25) is 0 Å². The second-order valence-electron chi connectivity index (χ2n) is 6.81. The van der Waals surface area contributed by atoms with Crippen LogP contribution >= 0.6 is 23.1 Å². The molecule has 0 amide bonds. The van der Waals surface area contributed by atoms with Crippen LogP contribution in [0.3, 0.4) is 0 Å². The Balaban J connectivity index is 2.27. The molecule has 0 saturated carbocycles. The highest BCUT2D eigenvalue weighted by atomic mass is 32.2. The van der Waals surface area contributed by atoms with Gasteiger partial charge in [-0.2, -0.15) is 0 Å². The zero-order valence-electron chi connectivity index (χ0n) is 16.9. The monoisotopic (exact) mass is 406 g/mol. The molecule has 0 aliphatic heterocycles. The van der Waals surface area contributed by atoms with Crippen LogP contribution < -0.4 is 0 Å². The summed E-state index contributed by atoms with van der Waals surface area (Å²) in [5.41, 5.74) is 3.41. The number of benzene rings is 1. The van der Waals surface area contributed by atoms with Crippen LogP contribution in [-0.4, -0.2) is 23.4 Å². The number of esters is 1. The molecular weight excluding hydrogens is 376 g/mol. The summed E-state index contributed by atoms with van der Waals surface area (Å²) in [6, 6.07) is 8.29. The highest BCUT2D eigenvalue weighted by Crippen LogP contribution is 2.44. The Hall–Kier alpha value is -1.46. The minimum Gasteiger partial charge on any atom is -0.508 e. The zero-order valence-corrected chi connectivity index (χ0v) is 18.6. The average molecular weight is 407 g/mol. The normalized spacial score (nSPS) is 11.6. The van der Waals surface area contributed by atoms with Gasteiger partial charge < -0.3 is 9.84 Å². The van der Waals surface area contributed by atoms with Crippen molar-refractivity contribution < 1.29 is 14.6 Å². The Labute approximate surface area is 171 Å². The van der Waals surface area contributed by atoms with E-state index in [1.54, 1.807) is 17.8 Å². The van der Waals surface area contributed by atoms with E-state index in [1.807, 2.05) is 25.2 Å². The van der Waals surface area contributed by atoms with E-state index in [1.165, 1.54) is 20.9 Å². The zero-order chi connectivity index (χ0) is 20.0. The number of hydrogen-bond acceptors (Lipinski definition) is 5. The third-order valence-corrected chi connectivity index (χ3v) is 7.76. The lowest BCUT2D eigenvalue weighted by Gasteiger charge is -2.32. The quantitative estimate of drug-likeness (QED) is 0.521. The Morgan fingerprint density at radius 2 is 1.85 bits per heavy atom. The molecular formula is C22H30O3S2. The fraction of sp³-hybridized carbons (Fsp3) is 0.500. The Morgan fingerprint density at radius 1 is 1.15 bits per heavy atom. The molecule has 1 aromatic heterocycles. The van der Waals surface area contributed by atoms with E-state index in [0.29, 0.717) is 18.1 Å². The molecule has 0 aliphatic carbocycles. The lowest BCUT2D eigenvalue weighted by molar-refractivity contribution is -0.139. The summed E-state index contributed by atoms with van der Waals surface area (Å²) in [6.07, 6.45) is 2.01. The van der Waals surface area contributed by atoms with Crippen molar-refractivity contribution in [1.29, 1.82) is 0 Å². The van der Waals surface area contributed by atoms with Crippen LogP contribution in [0.2, 0.25) is 0 Å². The van der Waals surface area contributed by atoms with Gasteiger partial charge in [-0.1, -0.05) is 26.0 Å². The number of ether oxygens (including phenoxy) is 1. The third-order valence-electron chi connectivity index (χ3n) is 5.21. The molecule has 1 N–H and O–H groups in total. The molecule has 0 saturated heterocycles. The van der Waals surface area contributed by atoms with Gasteiger partial charge in [0.05, 0.1) is 12.4 Å². The van der Waals surface area contributed by atoms with E-state index in [2.05, 4.69) is 39.0 Å². The summed E-state index contributed by atoms with van der Waals surface area (Å²) in [5.74, 6) is 1.42. The van der Waals surface area contributed by atoms with Crippen molar-refractivity contribution in [2.75, 3.05) is 12.4 Å². The highest BCUT2D eigenvalue weighted by Gasteiger charge is 2.33. The van der Waals surface area contributed by atoms with Crippen LogP contribution in [0.1, 0.15) is 60.1 Å². The summed E-state index contributed by atoms with van der Waals surface area (Å²) in [5, 5.41) is 9.92. The number of thioether (sulfide) groups is 1. The van der Waals surface area contributed by atoms with Crippen LogP contribution in [0.25, 0.3) is 0 Å². The molecule has 0 bridgehead atoms. The van der Waals surface area contributed by atoms with Gasteiger partial charge in [-0.25, -0.2) is 0 Å². The van der Waals surface area contributed by atoms with E-state index in [-0.39, 0.29) is 11.4 Å². The Bertz CT molecular complexity index is 776. The number of carbonyl (C=O) groups excluding carboxylic acids is 1. The summed E-state index contributed by atoms with van der Waals surface area (Å²) in [7, 11) is 0. The van der Waals surface area contributed by atoms with E-state index >= 15 is 0 Å². The minimum atomic E-state index is -0.145. The highest BCUT2D eigenvalue weighted by molar-refractivity contribution is 7.99. The lowest BCUT2D eigenvalue weighted by atomic mass is 9.74. The molecule has 5 heteroatoms. The second kappa shape index (κ2) is 9.65. The van der Waals surface area contributed by atoms with Gasteiger partial charge in [0.25, 0.3) is 0 Å². The molecule has 1 heterocycles. The summed E-state index contributed by atoms with van der Waals surface area (Å²) < 4.78 is 5.01. The Morgan fingerprint density at radius 3 is 2.44 bits per heavy atom. The molecule has 0 spiro atoms. The fourth-order valence-electron chi connectivity index (χ4n) is 3.43. The van der Waals surface area contributed by atoms with Crippen LogP contribution in [-0.2, 0) is 20.7 Å². The average Bonchev–Trinajstić information content (AvgIpc) is 3.01. The van der Waals surface area contributed by atoms with E-state index in [4.69, 9.17) is 4.74 Å². The molecule has 0 fully saturated rings. The number of hydrogen-bond donors (Lipinski definition) is 1. The van der Waals surface area contributed by atoms with E-state index in [9.17, 15) is 9.90 Å². The fourth-order valence-corrected chi connectivity index (χ4v) is 6.00. The number of rotatable bonds is 9. The van der Waals surface area contributed by atoms with Gasteiger partial charge >= 0.3 is 5.97 Å². The minimum absolute atomic E-state index is 0.0437. The summed E-state index contributed by atoms with van der Waals surface area (Å²) in [4.78, 5) is 14.2. The van der Waals surface area contributed by atoms with E-state index < -0.39 is 0 Å². The maximum absolute atomic E-state index is 11.6. The molecule has 1 aromatic carbocycles. The van der Waals surface area contributed by atoms with Crippen LogP contribution in [0.4, 0.5) is 0 Å². The first-order valence-electron chi connectivity index (χ1n) is 9.51. The van der Waals surface area contributed by atoms with Gasteiger partial charge in [0.1, 0.15) is 5.75 Å². The molecule has 2 rings (SSSR count). The number of aromatic hydroxyl groups is 1. The first-order chi connectivity index (χ1) is 12.9. The summed E-state index contributed by atoms with van der Waals surface area (Å²) >= 11 is 3.46. The number of phenols is 1.